The maximum Gasteiger partial charge on any atom is 0.254 e. The fourth-order valence-electron chi connectivity index (χ4n) is 1.93. The Morgan fingerprint density at radius 2 is 2.00 bits per heavy atom. The lowest BCUT2D eigenvalue weighted by Gasteiger charge is -2.22. The summed E-state index contributed by atoms with van der Waals surface area (Å²) in [6.45, 7) is 3.47. The second-order valence-corrected chi connectivity index (χ2v) is 5.26. The van der Waals surface area contributed by atoms with Crippen molar-refractivity contribution >= 4 is 22.9 Å². The Labute approximate surface area is 117 Å². The van der Waals surface area contributed by atoms with Crippen LogP contribution in [0.3, 0.4) is 0 Å². The standard InChI is InChI=1S/C15H18N2OS/c1-2-8-17(15(18)13-7-9-19-11-13)10-12-3-5-14(16)6-4-12/h3-7,9,11H,2,8,10,16H2,1H3. The van der Waals surface area contributed by atoms with Crippen molar-refractivity contribution < 1.29 is 4.79 Å². The predicted molar refractivity (Wildman–Crippen MR) is 80.2 cm³/mol. The third-order valence-corrected chi connectivity index (χ3v) is 3.59. The largest absolute Gasteiger partial charge is 0.399 e. The molecule has 1 heterocycles. The van der Waals surface area contributed by atoms with E-state index in [2.05, 4.69) is 6.92 Å². The molecule has 1 aromatic heterocycles. The number of hydrogen-bond donors (Lipinski definition) is 1. The molecule has 19 heavy (non-hydrogen) atoms. The first-order valence-corrected chi connectivity index (χ1v) is 7.31. The van der Waals surface area contributed by atoms with Crippen LogP contribution in [-0.2, 0) is 6.54 Å². The predicted octanol–water partition coefficient (Wildman–Crippen LogP) is 3.38. The first-order chi connectivity index (χ1) is 9.20. The van der Waals surface area contributed by atoms with Gasteiger partial charge in [0.05, 0.1) is 5.56 Å². The van der Waals surface area contributed by atoms with Crippen LogP contribution in [0, 0.1) is 0 Å². The molecule has 0 unspecified atom stereocenters. The molecule has 1 aromatic carbocycles. The van der Waals surface area contributed by atoms with Crippen molar-refractivity contribution in [1.82, 2.24) is 4.90 Å². The maximum absolute atomic E-state index is 12.4. The van der Waals surface area contributed by atoms with E-state index < -0.39 is 0 Å². The summed E-state index contributed by atoms with van der Waals surface area (Å²) < 4.78 is 0. The second kappa shape index (κ2) is 6.38. The first kappa shape index (κ1) is 13.6. The molecule has 0 aliphatic heterocycles. The molecule has 0 spiro atoms. The van der Waals surface area contributed by atoms with E-state index in [1.165, 1.54) is 0 Å². The SMILES string of the molecule is CCCN(Cc1ccc(N)cc1)C(=O)c1ccsc1. The summed E-state index contributed by atoms with van der Waals surface area (Å²) in [6.07, 6.45) is 0.949. The zero-order valence-corrected chi connectivity index (χ0v) is 11.8. The van der Waals surface area contributed by atoms with Gasteiger partial charge in [-0.2, -0.15) is 11.3 Å². The lowest BCUT2D eigenvalue weighted by molar-refractivity contribution is 0.0744. The maximum atomic E-state index is 12.4. The van der Waals surface area contributed by atoms with Gasteiger partial charge in [0.15, 0.2) is 0 Å². The lowest BCUT2D eigenvalue weighted by Crippen LogP contribution is -2.31. The minimum absolute atomic E-state index is 0.0972. The highest BCUT2D eigenvalue weighted by atomic mass is 32.1. The molecular formula is C15H18N2OS. The summed E-state index contributed by atoms with van der Waals surface area (Å²) in [5.41, 5.74) is 8.29. The Hall–Kier alpha value is -1.81. The number of thiophene rings is 1. The van der Waals surface area contributed by atoms with Crippen LogP contribution in [0.4, 0.5) is 5.69 Å². The van der Waals surface area contributed by atoms with Gasteiger partial charge in [-0.05, 0) is 35.6 Å². The Bertz CT molecular complexity index is 520. The molecule has 0 aliphatic rings. The van der Waals surface area contributed by atoms with E-state index >= 15 is 0 Å². The van der Waals surface area contributed by atoms with Crippen LogP contribution in [0.5, 0.6) is 0 Å². The summed E-state index contributed by atoms with van der Waals surface area (Å²) in [7, 11) is 0. The fourth-order valence-corrected chi connectivity index (χ4v) is 2.56. The molecule has 0 fully saturated rings. The number of nitrogens with two attached hydrogens (primary N) is 1. The minimum atomic E-state index is 0.0972. The summed E-state index contributed by atoms with van der Waals surface area (Å²) in [6, 6.07) is 9.56. The highest BCUT2D eigenvalue weighted by molar-refractivity contribution is 7.08. The molecule has 0 aliphatic carbocycles. The Morgan fingerprint density at radius 3 is 2.58 bits per heavy atom. The molecule has 2 N–H and O–H groups in total. The summed E-state index contributed by atoms with van der Waals surface area (Å²) in [5.74, 6) is 0.0972. The Kier molecular flexibility index (Phi) is 4.58. The topological polar surface area (TPSA) is 46.3 Å². The van der Waals surface area contributed by atoms with E-state index in [-0.39, 0.29) is 5.91 Å². The van der Waals surface area contributed by atoms with Gasteiger partial charge in [0.25, 0.3) is 5.91 Å². The number of benzene rings is 1. The van der Waals surface area contributed by atoms with Crippen LogP contribution in [0.25, 0.3) is 0 Å². The van der Waals surface area contributed by atoms with Crippen molar-refractivity contribution in [3.8, 4) is 0 Å². The monoisotopic (exact) mass is 274 g/mol. The van der Waals surface area contributed by atoms with E-state index in [1.54, 1.807) is 11.3 Å². The molecule has 4 heteroatoms. The number of carbonyl (C=O) groups excluding carboxylic acids is 1. The molecule has 0 saturated carbocycles. The molecule has 1 amide bonds. The van der Waals surface area contributed by atoms with Gasteiger partial charge in [0.2, 0.25) is 0 Å². The van der Waals surface area contributed by atoms with Crippen LogP contribution in [0.2, 0.25) is 0 Å². The molecule has 0 radical (unpaired) electrons. The summed E-state index contributed by atoms with van der Waals surface area (Å²) >= 11 is 1.55. The van der Waals surface area contributed by atoms with Crippen molar-refractivity contribution in [3.05, 3.63) is 52.2 Å². The Morgan fingerprint density at radius 1 is 1.26 bits per heavy atom. The average molecular weight is 274 g/mol. The van der Waals surface area contributed by atoms with E-state index in [4.69, 9.17) is 5.73 Å². The van der Waals surface area contributed by atoms with E-state index in [1.807, 2.05) is 46.0 Å². The van der Waals surface area contributed by atoms with Gasteiger partial charge in [-0.25, -0.2) is 0 Å². The summed E-state index contributed by atoms with van der Waals surface area (Å²) in [5, 5.41) is 3.83. The van der Waals surface area contributed by atoms with E-state index in [0.717, 1.165) is 29.8 Å². The zero-order chi connectivity index (χ0) is 13.7. The number of hydrogen-bond acceptors (Lipinski definition) is 3. The minimum Gasteiger partial charge on any atom is -0.399 e. The van der Waals surface area contributed by atoms with Gasteiger partial charge >= 0.3 is 0 Å². The van der Waals surface area contributed by atoms with Gasteiger partial charge in [-0.15, -0.1) is 0 Å². The number of nitrogen functional groups attached to an aromatic ring is 1. The van der Waals surface area contributed by atoms with Crippen LogP contribution < -0.4 is 5.73 Å². The van der Waals surface area contributed by atoms with Crippen LogP contribution in [-0.4, -0.2) is 17.4 Å². The smallest absolute Gasteiger partial charge is 0.254 e. The normalized spacial score (nSPS) is 10.4. The number of rotatable bonds is 5. The van der Waals surface area contributed by atoms with E-state index in [9.17, 15) is 4.79 Å². The Balaban J connectivity index is 2.11. The van der Waals surface area contributed by atoms with Crippen LogP contribution in [0.1, 0.15) is 29.3 Å². The van der Waals surface area contributed by atoms with Gasteiger partial charge in [-0.1, -0.05) is 19.1 Å². The lowest BCUT2D eigenvalue weighted by atomic mass is 10.1. The van der Waals surface area contributed by atoms with Crippen LogP contribution >= 0.6 is 11.3 Å². The number of carbonyl (C=O) groups is 1. The van der Waals surface area contributed by atoms with Gasteiger partial charge in [-0.3, -0.25) is 4.79 Å². The third kappa shape index (κ3) is 3.58. The van der Waals surface area contributed by atoms with Gasteiger partial charge < -0.3 is 10.6 Å². The molecule has 2 aromatic rings. The summed E-state index contributed by atoms with van der Waals surface area (Å²) in [4.78, 5) is 14.3. The third-order valence-electron chi connectivity index (χ3n) is 2.90. The van der Waals surface area contributed by atoms with Crippen molar-refractivity contribution in [2.24, 2.45) is 0 Å². The van der Waals surface area contributed by atoms with E-state index in [0.29, 0.717) is 6.54 Å². The first-order valence-electron chi connectivity index (χ1n) is 6.36. The number of nitrogens with zero attached hydrogens (tertiary/aromatic N) is 1. The number of amides is 1. The highest BCUT2D eigenvalue weighted by Crippen LogP contribution is 2.14. The van der Waals surface area contributed by atoms with Crippen molar-refractivity contribution in [3.63, 3.8) is 0 Å². The molecule has 100 valence electrons. The molecule has 0 saturated heterocycles. The fraction of sp³-hybridized carbons (Fsp3) is 0.267. The quantitative estimate of drug-likeness (QED) is 0.850. The second-order valence-electron chi connectivity index (χ2n) is 4.48. The molecule has 0 atom stereocenters. The molecular weight excluding hydrogens is 256 g/mol. The van der Waals surface area contributed by atoms with Gasteiger partial charge in [0.1, 0.15) is 0 Å². The highest BCUT2D eigenvalue weighted by Gasteiger charge is 2.15. The molecule has 3 nitrogen and oxygen atoms in total. The van der Waals surface area contributed by atoms with Crippen molar-refractivity contribution in [2.75, 3.05) is 12.3 Å². The van der Waals surface area contributed by atoms with Crippen molar-refractivity contribution in [2.45, 2.75) is 19.9 Å². The number of anilines is 1. The zero-order valence-electron chi connectivity index (χ0n) is 11.0. The van der Waals surface area contributed by atoms with Gasteiger partial charge in [0, 0.05) is 24.2 Å². The molecule has 2 rings (SSSR count). The van der Waals surface area contributed by atoms with Crippen molar-refractivity contribution in [1.29, 1.82) is 0 Å². The van der Waals surface area contributed by atoms with Crippen LogP contribution in [0.15, 0.2) is 41.1 Å². The molecule has 0 bridgehead atoms. The average Bonchev–Trinajstić information content (AvgIpc) is 2.94.